The third-order valence-corrected chi connectivity index (χ3v) is 4.99. The third-order valence-electron chi connectivity index (χ3n) is 4.99. The van der Waals surface area contributed by atoms with Gasteiger partial charge < -0.3 is 15.8 Å². The van der Waals surface area contributed by atoms with Gasteiger partial charge in [0.1, 0.15) is 5.65 Å². The van der Waals surface area contributed by atoms with Gasteiger partial charge in [0.05, 0.1) is 10.4 Å². The lowest BCUT2D eigenvalue weighted by molar-refractivity contribution is -0.383. The van der Waals surface area contributed by atoms with Gasteiger partial charge in [0, 0.05) is 27.9 Å². The molecule has 0 saturated carbocycles. The van der Waals surface area contributed by atoms with Crippen molar-refractivity contribution < 1.29 is 15.0 Å². The van der Waals surface area contributed by atoms with Crippen molar-refractivity contribution in [3.63, 3.8) is 0 Å². The lowest BCUT2D eigenvalue weighted by Crippen LogP contribution is -2.31. The minimum atomic E-state index is -1.71. The molecule has 0 spiro atoms. The Kier molecular flexibility index (Phi) is 3.15. The van der Waals surface area contributed by atoms with Crippen LogP contribution >= 0.6 is 0 Å². The molecule has 0 fully saturated rings. The SMILES string of the molecule is Nc1cc([N+](=O)[O-])c2nc3c4cccc5c(B(O)O)ccc(c(=O)n3c2c1)c54. The zero-order chi connectivity index (χ0) is 19.7. The molecule has 0 radical (unpaired) electrons. The van der Waals surface area contributed by atoms with E-state index in [0.717, 1.165) is 0 Å². The Hall–Kier alpha value is -3.76. The Balaban J connectivity index is 2.11. The van der Waals surface area contributed by atoms with Crippen LogP contribution in [0.3, 0.4) is 0 Å². The highest BCUT2D eigenvalue weighted by Crippen LogP contribution is 2.33. The Labute approximate surface area is 155 Å². The predicted octanol–water partition coefficient (Wildman–Crippen LogP) is 0.762. The maximum Gasteiger partial charge on any atom is 0.489 e. The summed E-state index contributed by atoms with van der Waals surface area (Å²) in [4.78, 5) is 28.5. The zero-order valence-electron chi connectivity index (χ0n) is 14.2. The smallest absolute Gasteiger partial charge is 0.423 e. The van der Waals surface area contributed by atoms with Crippen molar-refractivity contribution in [2.45, 2.75) is 0 Å². The minimum Gasteiger partial charge on any atom is -0.423 e. The van der Waals surface area contributed by atoms with Gasteiger partial charge in [-0.15, -0.1) is 0 Å². The lowest BCUT2D eigenvalue weighted by atomic mass is 9.76. The van der Waals surface area contributed by atoms with E-state index >= 15 is 0 Å². The highest BCUT2D eigenvalue weighted by molar-refractivity contribution is 6.62. The summed E-state index contributed by atoms with van der Waals surface area (Å²) < 4.78 is 1.31. The van der Waals surface area contributed by atoms with Crippen molar-refractivity contribution >= 4 is 62.2 Å². The fraction of sp³-hybridized carbons (Fsp3) is 0. The number of benzene rings is 3. The quantitative estimate of drug-likeness (QED) is 0.179. The summed E-state index contributed by atoms with van der Waals surface area (Å²) in [6, 6.07) is 10.8. The second kappa shape index (κ2) is 5.38. The van der Waals surface area contributed by atoms with Crippen LogP contribution in [0.2, 0.25) is 0 Å². The van der Waals surface area contributed by atoms with Crippen LogP contribution in [0.4, 0.5) is 11.4 Å². The first-order valence-corrected chi connectivity index (χ1v) is 8.31. The molecule has 2 heterocycles. The number of nitrogens with zero attached hydrogens (tertiary/aromatic N) is 3. The summed E-state index contributed by atoms with van der Waals surface area (Å²) in [6.07, 6.45) is 0. The molecule has 28 heavy (non-hydrogen) atoms. The maximum atomic E-state index is 13.2. The van der Waals surface area contributed by atoms with Crippen molar-refractivity contribution in [3.8, 4) is 0 Å². The molecule has 0 saturated heterocycles. The second-order valence-corrected chi connectivity index (χ2v) is 6.54. The number of pyridine rings is 1. The van der Waals surface area contributed by atoms with E-state index in [1.165, 1.54) is 28.7 Å². The molecular weight excluding hydrogens is 363 g/mol. The number of hydrogen-bond acceptors (Lipinski definition) is 7. The van der Waals surface area contributed by atoms with Gasteiger partial charge in [-0.3, -0.25) is 19.3 Å². The van der Waals surface area contributed by atoms with Crippen LogP contribution in [-0.2, 0) is 0 Å². The van der Waals surface area contributed by atoms with Gasteiger partial charge in [0.2, 0.25) is 0 Å². The monoisotopic (exact) mass is 374 g/mol. The van der Waals surface area contributed by atoms with Crippen LogP contribution in [0.15, 0.2) is 47.3 Å². The Morgan fingerprint density at radius 2 is 1.86 bits per heavy atom. The van der Waals surface area contributed by atoms with Crippen molar-refractivity contribution in [2.24, 2.45) is 0 Å². The van der Waals surface area contributed by atoms with Crippen LogP contribution in [-0.4, -0.2) is 31.5 Å². The number of imidazole rings is 1. The Morgan fingerprint density at radius 1 is 1.11 bits per heavy atom. The standard InChI is InChI=1S/C18H11BN4O5/c20-8-6-13-16(14(7-8)23(27)28)21-17-10-3-1-2-9-12(19(25)26)5-4-11(15(9)10)18(24)22(13)17/h1-7,25-26H,20H2. The van der Waals surface area contributed by atoms with Gasteiger partial charge in [-0.25, -0.2) is 4.98 Å². The Bertz CT molecular complexity index is 1510. The van der Waals surface area contributed by atoms with E-state index in [2.05, 4.69) is 4.98 Å². The summed E-state index contributed by atoms with van der Waals surface area (Å²) in [5, 5.41) is 32.7. The number of nitrogens with two attached hydrogens (primary N) is 1. The molecule has 0 amide bonds. The van der Waals surface area contributed by atoms with Gasteiger partial charge in [-0.2, -0.15) is 0 Å². The van der Waals surface area contributed by atoms with E-state index in [0.29, 0.717) is 21.5 Å². The number of nitro benzene ring substituents is 1. The first-order chi connectivity index (χ1) is 13.4. The van der Waals surface area contributed by atoms with E-state index in [1.54, 1.807) is 18.2 Å². The minimum absolute atomic E-state index is 0.0646. The van der Waals surface area contributed by atoms with E-state index in [4.69, 9.17) is 5.73 Å². The fourth-order valence-corrected chi connectivity index (χ4v) is 3.85. The number of fused-ring (bicyclic) bond motifs is 4. The summed E-state index contributed by atoms with van der Waals surface area (Å²) in [5.41, 5.74) is 6.08. The van der Waals surface area contributed by atoms with Crippen LogP contribution in [0.5, 0.6) is 0 Å². The molecular formula is C18H11BN4O5. The summed E-state index contributed by atoms with van der Waals surface area (Å²) in [7, 11) is -1.71. The zero-order valence-corrected chi connectivity index (χ0v) is 14.2. The highest BCUT2D eigenvalue weighted by atomic mass is 16.6. The predicted molar refractivity (Wildman–Crippen MR) is 106 cm³/mol. The van der Waals surface area contributed by atoms with Crippen molar-refractivity contribution in [1.29, 1.82) is 0 Å². The fourth-order valence-electron chi connectivity index (χ4n) is 3.85. The van der Waals surface area contributed by atoms with Crippen molar-refractivity contribution in [1.82, 2.24) is 9.38 Å². The van der Waals surface area contributed by atoms with E-state index in [1.807, 2.05) is 0 Å². The average molecular weight is 374 g/mol. The van der Waals surface area contributed by atoms with Crippen LogP contribution in [0, 0.1) is 10.1 Å². The number of aromatic nitrogens is 2. The van der Waals surface area contributed by atoms with Gasteiger partial charge in [-0.05, 0) is 23.0 Å². The number of anilines is 1. The molecule has 3 aromatic carbocycles. The van der Waals surface area contributed by atoms with Gasteiger partial charge in [0.15, 0.2) is 5.52 Å². The largest absolute Gasteiger partial charge is 0.489 e. The summed E-state index contributed by atoms with van der Waals surface area (Å²) in [5.74, 6) is 0. The number of non-ortho nitro benzene ring substituents is 1. The average Bonchev–Trinajstić information content (AvgIpc) is 3.04. The van der Waals surface area contributed by atoms with Crippen LogP contribution in [0.25, 0.3) is 38.2 Å². The van der Waals surface area contributed by atoms with Gasteiger partial charge >= 0.3 is 7.12 Å². The molecule has 5 aromatic rings. The third kappa shape index (κ3) is 1.98. The molecule has 4 N–H and O–H groups in total. The molecule has 0 bridgehead atoms. The number of nitro groups is 1. The summed E-state index contributed by atoms with van der Waals surface area (Å²) >= 11 is 0. The second-order valence-electron chi connectivity index (χ2n) is 6.54. The lowest BCUT2D eigenvalue weighted by Gasteiger charge is -2.10. The van der Waals surface area contributed by atoms with Gasteiger partial charge in [-0.1, -0.05) is 24.3 Å². The molecule has 5 rings (SSSR count). The topological polar surface area (TPSA) is 144 Å². The molecule has 0 unspecified atom stereocenters. The number of nitrogen functional groups attached to an aromatic ring is 1. The number of hydrogen-bond donors (Lipinski definition) is 3. The molecule has 136 valence electrons. The molecule has 0 atom stereocenters. The van der Waals surface area contributed by atoms with Crippen LogP contribution in [0.1, 0.15) is 0 Å². The molecule has 0 aliphatic heterocycles. The normalized spacial score (nSPS) is 11.8. The highest BCUT2D eigenvalue weighted by Gasteiger charge is 2.24. The summed E-state index contributed by atoms with van der Waals surface area (Å²) in [6.45, 7) is 0. The van der Waals surface area contributed by atoms with E-state index in [9.17, 15) is 25.0 Å². The first kappa shape index (κ1) is 16.4. The number of rotatable bonds is 2. The van der Waals surface area contributed by atoms with Crippen LogP contribution < -0.4 is 16.8 Å². The van der Waals surface area contributed by atoms with E-state index in [-0.39, 0.29) is 33.5 Å². The molecule has 0 aliphatic rings. The van der Waals surface area contributed by atoms with Gasteiger partial charge in [0.25, 0.3) is 11.2 Å². The van der Waals surface area contributed by atoms with E-state index < -0.39 is 17.6 Å². The molecule has 0 aliphatic carbocycles. The Morgan fingerprint density at radius 3 is 2.57 bits per heavy atom. The van der Waals surface area contributed by atoms with Crippen molar-refractivity contribution in [3.05, 3.63) is 62.9 Å². The molecule has 10 heteroatoms. The van der Waals surface area contributed by atoms with Crippen molar-refractivity contribution in [2.75, 3.05) is 5.73 Å². The maximum absolute atomic E-state index is 13.2. The molecule has 2 aromatic heterocycles. The first-order valence-electron chi connectivity index (χ1n) is 8.31. The molecule has 9 nitrogen and oxygen atoms in total.